The van der Waals surface area contributed by atoms with Crippen LogP contribution in [0, 0.1) is 11.6 Å². The lowest BCUT2D eigenvalue weighted by atomic mass is 9.98. The summed E-state index contributed by atoms with van der Waals surface area (Å²) in [5, 5.41) is 1.79. The molecule has 1 atom stereocenters. The monoisotopic (exact) mass is 471 g/mol. The predicted molar refractivity (Wildman–Crippen MR) is 119 cm³/mol. The van der Waals surface area contributed by atoms with E-state index in [1.165, 1.54) is 0 Å². The maximum absolute atomic E-state index is 13.8. The van der Waals surface area contributed by atoms with Gasteiger partial charge in [-0.15, -0.1) is 0 Å². The average Bonchev–Trinajstić information content (AvgIpc) is 3.14. The number of amides is 1. The van der Waals surface area contributed by atoms with Gasteiger partial charge in [0.2, 0.25) is 0 Å². The van der Waals surface area contributed by atoms with Crippen LogP contribution in [0.1, 0.15) is 22.6 Å². The van der Waals surface area contributed by atoms with Crippen molar-refractivity contribution in [3.05, 3.63) is 94.0 Å². The van der Waals surface area contributed by atoms with E-state index in [1.807, 2.05) is 48.5 Å². The molecular weight excluding hydrogens is 452 g/mol. The fourth-order valence-electron chi connectivity index (χ4n) is 4.08. The van der Waals surface area contributed by atoms with E-state index in [4.69, 9.17) is 21.1 Å². The molecule has 0 bridgehead atoms. The summed E-state index contributed by atoms with van der Waals surface area (Å²) in [6.45, 7) is 0.0535. The summed E-state index contributed by atoms with van der Waals surface area (Å²) >= 11 is 5.50. The van der Waals surface area contributed by atoms with E-state index in [9.17, 15) is 18.4 Å². The van der Waals surface area contributed by atoms with Gasteiger partial charge in [0.15, 0.2) is 0 Å². The summed E-state index contributed by atoms with van der Waals surface area (Å²) < 4.78 is 37.7. The molecule has 8 heteroatoms. The quantitative estimate of drug-likeness (QED) is 0.394. The Bertz CT molecular complexity index is 1150. The first-order chi connectivity index (χ1) is 15.9. The highest BCUT2D eigenvalue weighted by atomic mass is 35.5. The third-order valence-electron chi connectivity index (χ3n) is 5.60. The number of esters is 1. The standard InChI is InChI=1S/C25H20ClF2NO4/c1-32-24(30)22(12-14-10-20(27)23(26)21(28)11-14)29-25(31)33-13-19-17-8-4-2-6-15(17)16-7-3-5-9-18(16)19/h2-11,19,22H,12-13H2,1H3,(H,29,31)/t22-/m0/s1. The molecule has 33 heavy (non-hydrogen) atoms. The van der Waals surface area contributed by atoms with Crippen molar-refractivity contribution in [1.29, 1.82) is 0 Å². The highest BCUT2D eigenvalue weighted by Gasteiger charge is 2.30. The number of carbonyl (C=O) groups is 2. The van der Waals surface area contributed by atoms with Gasteiger partial charge in [0.1, 0.15) is 29.3 Å². The number of nitrogens with one attached hydrogen (secondary N) is 1. The second kappa shape index (κ2) is 9.58. The number of fused-ring (bicyclic) bond motifs is 3. The van der Waals surface area contributed by atoms with E-state index in [2.05, 4.69) is 5.32 Å². The third kappa shape index (κ3) is 4.68. The molecule has 4 rings (SSSR count). The van der Waals surface area contributed by atoms with Crippen LogP contribution in [0.15, 0.2) is 60.7 Å². The predicted octanol–water partition coefficient (Wildman–Crippen LogP) is 5.24. The van der Waals surface area contributed by atoms with Crippen LogP contribution in [-0.4, -0.2) is 31.8 Å². The molecule has 1 N–H and O–H groups in total. The van der Waals surface area contributed by atoms with Gasteiger partial charge in [-0.25, -0.2) is 18.4 Å². The summed E-state index contributed by atoms with van der Waals surface area (Å²) in [5.74, 6) is -2.86. The van der Waals surface area contributed by atoms with Gasteiger partial charge in [-0.3, -0.25) is 0 Å². The van der Waals surface area contributed by atoms with Crippen LogP contribution >= 0.6 is 11.6 Å². The first-order valence-electron chi connectivity index (χ1n) is 10.2. The average molecular weight is 472 g/mol. The Hall–Kier alpha value is -3.45. The van der Waals surface area contributed by atoms with Gasteiger partial charge in [-0.2, -0.15) is 0 Å². The van der Waals surface area contributed by atoms with Crippen LogP contribution in [0.3, 0.4) is 0 Å². The van der Waals surface area contributed by atoms with Crippen LogP contribution in [0.25, 0.3) is 11.1 Å². The highest BCUT2D eigenvalue weighted by Crippen LogP contribution is 2.44. The van der Waals surface area contributed by atoms with Crippen molar-refractivity contribution < 1.29 is 27.8 Å². The second-order valence-corrected chi connectivity index (χ2v) is 8.00. The molecule has 170 valence electrons. The van der Waals surface area contributed by atoms with Crippen molar-refractivity contribution >= 4 is 23.7 Å². The summed E-state index contributed by atoms with van der Waals surface area (Å²) in [6, 6.07) is 16.6. The first-order valence-corrected chi connectivity index (χ1v) is 10.6. The fourth-order valence-corrected chi connectivity index (χ4v) is 4.19. The number of benzene rings is 3. The van der Waals surface area contributed by atoms with E-state index in [1.54, 1.807) is 0 Å². The van der Waals surface area contributed by atoms with E-state index in [-0.39, 0.29) is 24.5 Å². The number of halogens is 3. The largest absolute Gasteiger partial charge is 0.467 e. The molecule has 0 spiro atoms. The van der Waals surface area contributed by atoms with Gasteiger partial charge >= 0.3 is 12.1 Å². The van der Waals surface area contributed by atoms with Crippen molar-refractivity contribution in [2.45, 2.75) is 18.4 Å². The molecule has 0 heterocycles. The minimum atomic E-state index is -1.20. The molecule has 1 aliphatic rings. The SMILES string of the molecule is COC(=O)[C@H](Cc1cc(F)c(Cl)c(F)c1)NC(=O)OCC1c2ccccc2-c2ccccc21. The van der Waals surface area contributed by atoms with Crippen molar-refractivity contribution in [3.63, 3.8) is 0 Å². The number of hydrogen-bond donors (Lipinski definition) is 1. The van der Waals surface area contributed by atoms with E-state index < -0.39 is 34.8 Å². The molecular formula is C25H20ClF2NO4. The molecule has 0 saturated carbocycles. The van der Waals surface area contributed by atoms with Gasteiger partial charge in [0, 0.05) is 12.3 Å². The van der Waals surface area contributed by atoms with Crippen molar-refractivity contribution in [1.82, 2.24) is 5.32 Å². The van der Waals surface area contributed by atoms with Crippen LogP contribution in [-0.2, 0) is 20.7 Å². The Morgan fingerprint density at radius 2 is 1.55 bits per heavy atom. The summed E-state index contributed by atoms with van der Waals surface area (Å²) in [6.07, 6.45) is -1.05. The number of ether oxygens (including phenoxy) is 2. The van der Waals surface area contributed by atoms with Gasteiger partial charge in [-0.05, 0) is 39.9 Å². The topological polar surface area (TPSA) is 64.6 Å². The van der Waals surface area contributed by atoms with Crippen LogP contribution in [0.5, 0.6) is 0 Å². The van der Waals surface area contributed by atoms with Gasteiger partial charge in [0.05, 0.1) is 7.11 Å². The molecule has 0 unspecified atom stereocenters. The number of carbonyl (C=O) groups excluding carboxylic acids is 2. The maximum atomic E-state index is 13.8. The van der Waals surface area contributed by atoms with Gasteiger partial charge in [0.25, 0.3) is 0 Å². The molecule has 1 aliphatic carbocycles. The smallest absolute Gasteiger partial charge is 0.407 e. The number of rotatable bonds is 6. The molecule has 0 radical (unpaired) electrons. The Kier molecular flexibility index (Phi) is 6.60. The van der Waals surface area contributed by atoms with Crippen LogP contribution in [0.2, 0.25) is 5.02 Å². The number of methoxy groups -OCH3 is 1. The molecule has 5 nitrogen and oxygen atoms in total. The molecule has 0 aliphatic heterocycles. The normalized spacial score (nSPS) is 13.1. The maximum Gasteiger partial charge on any atom is 0.407 e. The molecule has 3 aromatic rings. The molecule has 3 aromatic carbocycles. The molecule has 0 fully saturated rings. The first kappa shape index (κ1) is 22.7. The fraction of sp³-hybridized carbons (Fsp3) is 0.200. The van der Waals surface area contributed by atoms with Gasteiger partial charge in [-0.1, -0.05) is 60.1 Å². The minimum Gasteiger partial charge on any atom is -0.467 e. The summed E-state index contributed by atoms with van der Waals surface area (Å²) in [7, 11) is 1.15. The Labute approximate surface area is 194 Å². The lowest BCUT2D eigenvalue weighted by Crippen LogP contribution is -2.43. The van der Waals surface area contributed by atoms with Crippen molar-refractivity contribution in [2.24, 2.45) is 0 Å². The zero-order chi connectivity index (χ0) is 23.5. The minimum absolute atomic E-state index is 0.0535. The molecule has 1 amide bonds. The van der Waals surface area contributed by atoms with Gasteiger partial charge < -0.3 is 14.8 Å². The number of hydrogen-bond acceptors (Lipinski definition) is 4. The van der Waals surface area contributed by atoms with Crippen molar-refractivity contribution in [2.75, 3.05) is 13.7 Å². The molecule has 0 saturated heterocycles. The highest BCUT2D eigenvalue weighted by molar-refractivity contribution is 6.30. The lowest BCUT2D eigenvalue weighted by molar-refractivity contribution is -0.143. The Morgan fingerprint density at radius 3 is 2.09 bits per heavy atom. The Morgan fingerprint density at radius 1 is 1.00 bits per heavy atom. The van der Waals surface area contributed by atoms with Crippen molar-refractivity contribution in [3.8, 4) is 11.1 Å². The summed E-state index contributed by atoms with van der Waals surface area (Å²) in [5.41, 5.74) is 4.39. The van der Waals surface area contributed by atoms with E-state index in [0.29, 0.717) is 0 Å². The lowest BCUT2D eigenvalue weighted by Gasteiger charge is -2.19. The van der Waals surface area contributed by atoms with Crippen LogP contribution < -0.4 is 5.32 Å². The summed E-state index contributed by atoms with van der Waals surface area (Å²) in [4.78, 5) is 24.7. The Balaban J connectivity index is 1.46. The molecule has 0 aromatic heterocycles. The zero-order valence-corrected chi connectivity index (χ0v) is 18.4. The van der Waals surface area contributed by atoms with E-state index in [0.717, 1.165) is 41.5 Å². The van der Waals surface area contributed by atoms with Crippen LogP contribution in [0.4, 0.5) is 13.6 Å². The number of alkyl carbamates (subject to hydrolysis) is 1. The van der Waals surface area contributed by atoms with E-state index >= 15 is 0 Å². The second-order valence-electron chi connectivity index (χ2n) is 7.62. The third-order valence-corrected chi connectivity index (χ3v) is 5.97. The zero-order valence-electron chi connectivity index (χ0n) is 17.6.